The van der Waals surface area contributed by atoms with Crippen molar-refractivity contribution >= 4 is 22.9 Å². The van der Waals surface area contributed by atoms with Crippen molar-refractivity contribution in [3.05, 3.63) is 65.7 Å². The molecule has 0 saturated carbocycles. The number of nitrogens with one attached hydrogen (secondary N) is 1. The zero-order valence-electron chi connectivity index (χ0n) is 18.6. The Labute approximate surface area is 191 Å². The maximum absolute atomic E-state index is 13.3. The highest BCUT2D eigenvalue weighted by atomic mass is 19.4. The number of anilines is 2. The van der Waals surface area contributed by atoms with Crippen molar-refractivity contribution in [2.45, 2.75) is 25.6 Å². The summed E-state index contributed by atoms with van der Waals surface area (Å²) in [6.07, 6.45) is -1.56. The van der Waals surface area contributed by atoms with Crippen LogP contribution in [-0.2, 0) is 15.7 Å². The molecule has 0 aliphatic carbocycles. The molecule has 2 aromatic carbocycles. The number of hydrogen-bond acceptors (Lipinski definition) is 4. The van der Waals surface area contributed by atoms with E-state index in [0.717, 1.165) is 18.6 Å². The lowest BCUT2D eigenvalue weighted by molar-refractivity contribution is -0.137. The molecular weight excluding hydrogens is 431 g/mol. The van der Waals surface area contributed by atoms with Crippen molar-refractivity contribution in [3.8, 4) is 0 Å². The predicted molar refractivity (Wildman–Crippen MR) is 123 cm³/mol. The standard InChI is InChI=1S/C25H28F3N3O2/c1-18(30-11-9-20(10-12-30)19-5-3-2-4-6-19)24(32)29-22-17-21(25(26,27)28)7-8-23(22)31-13-15-33-16-14-31/h2-9,17-18H,10-16H2,1H3,(H,29,32)/t18-/m0/s1. The lowest BCUT2D eigenvalue weighted by Crippen LogP contribution is -2.44. The molecule has 2 heterocycles. The van der Waals surface area contributed by atoms with Gasteiger partial charge in [0.15, 0.2) is 0 Å². The first kappa shape index (κ1) is 23.3. The summed E-state index contributed by atoms with van der Waals surface area (Å²) in [5, 5.41) is 2.78. The number of ether oxygens (including phenoxy) is 1. The monoisotopic (exact) mass is 459 g/mol. The van der Waals surface area contributed by atoms with E-state index in [-0.39, 0.29) is 11.6 Å². The zero-order chi connectivity index (χ0) is 23.4. The highest BCUT2D eigenvalue weighted by Crippen LogP contribution is 2.36. The van der Waals surface area contributed by atoms with E-state index in [1.54, 1.807) is 6.92 Å². The number of amides is 1. The van der Waals surface area contributed by atoms with E-state index < -0.39 is 17.8 Å². The highest BCUT2D eigenvalue weighted by Gasteiger charge is 2.32. The Hall–Kier alpha value is -2.84. The third-order valence-corrected chi connectivity index (χ3v) is 6.25. The van der Waals surface area contributed by atoms with E-state index in [2.05, 4.69) is 23.5 Å². The summed E-state index contributed by atoms with van der Waals surface area (Å²) in [6, 6.07) is 13.2. The number of hydrogen-bond donors (Lipinski definition) is 1. The van der Waals surface area contributed by atoms with Crippen molar-refractivity contribution in [1.29, 1.82) is 0 Å². The van der Waals surface area contributed by atoms with Crippen LogP contribution in [0.5, 0.6) is 0 Å². The first-order valence-corrected chi connectivity index (χ1v) is 11.2. The molecule has 8 heteroatoms. The summed E-state index contributed by atoms with van der Waals surface area (Å²) in [4.78, 5) is 17.0. The number of nitrogens with zero attached hydrogens (tertiary/aromatic N) is 2. The van der Waals surface area contributed by atoms with Gasteiger partial charge >= 0.3 is 6.18 Å². The molecule has 1 N–H and O–H groups in total. The number of alkyl halides is 3. The van der Waals surface area contributed by atoms with Crippen molar-refractivity contribution in [1.82, 2.24) is 4.90 Å². The SMILES string of the molecule is C[C@@H](C(=O)Nc1cc(C(F)(F)F)ccc1N1CCOCC1)N1CC=C(c2ccccc2)CC1. The molecule has 33 heavy (non-hydrogen) atoms. The van der Waals surface area contributed by atoms with Gasteiger partial charge in [0, 0.05) is 26.2 Å². The number of morpholine rings is 1. The molecule has 1 fully saturated rings. The van der Waals surface area contributed by atoms with Crippen LogP contribution < -0.4 is 10.2 Å². The molecule has 0 aromatic heterocycles. The van der Waals surface area contributed by atoms with Gasteiger partial charge < -0.3 is 15.0 Å². The van der Waals surface area contributed by atoms with E-state index in [1.807, 2.05) is 28.0 Å². The lowest BCUT2D eigenvalue weighted by Gasteiger charge is -2.33. The van der Waals surface area contributed by atoms with Crippen LogP contribution in [0.1, 0.15) is 24.5 Å². The minimum Gasteiger partial charge on any atom is -0.378 e. The van der Waals surface area contributed by atoms with Crippen molar-refractivity contribution in [2.75, 3.05) is 49.6 Å². The van der Waals surface area contributed by atoms with Crippen LogP contribution >= 0.6 is 0 Å². The van der Waals surface area contributed by atoms with Crippen molar-refractivity contribution < 1.29 is 22.7 Å². The summed E-state index contributed by atoms with van der Waals surface area (Å²) < 4.78 is 45.4. The van der Waals surface area contributed by atoms with Gasteiger partial charge in [-0.25, -0.2) is 0 Å². The molecule has 2 aliphatic heterocycles. The quantitative estimate of drug-likeness (QED) is 0.707. The second kappa shape index (κ2) is 9.97. The number of halogens is 3. The van der Waals surface area contributed by atoms with Crippen molar-refractivity contribution in [2.24, 2.45) is 0 Å². The summed E-state index contributed by atoms with van der Waals surface area (Å²) in [5.74, 6) is -0.319. The Morgan fingerprint density at radius 2 is 1.79 bits per heavy atom. The van der Waals surface area contributed by atoms with E-state index in [1.165, 1.54) is 17.2 Å². The smallest absolute Gasteiger partial charge is 0.378 e. The van der Waals surface area contributed by atoms with Gasteiger partial charge in [0.25, 0.3) is 0 Å². The van der Waals surface area contributed by atoms with Crippen LogP contribution in [0, 0.1) is 0 Å². The molecular formula is C25H28F3N3O2. The molecule has 0 bridgehead atoms. The summed E-state index contributed by atoms with van der Waals surface area (Å²) in [7, 11) is 0. The fourth-order valence-corrected chi connectivity index (χ4v) is 4.25. The van der Waals surface area contributed by atoms with Gasteiger partial charge in [-0.15, -0.1) is 0 Å². The molecule has 176 valence electrons. The molecule has 1 amide bonds. The van der Waals surface area contributed by atoms with Crippen LogP contribution in [-0.4, -0.2) is 56.2 Å². The molecule has 1 atom stereocenters. The summed E-state index contributed by atoms with van der Waals surface area (Å²) in [6.45, 7) is 5.21. The molecule has 2 aromatic rings. The fourth-order valence-electron chi connectivity index (χ4n) is 4.25. The molecule has 0 unspecified atom stereocenters. The van der Waals surface area contributed by atoms with Gasteiger partial charge in [0.1, 0.15) is 0 Å². The number of benzene rings is 2. The van der Waals surface area contributed by atoms with E-state index >= 15 is 0 Å². The van der Waals surface area contributed by atoms with Gasteiger partial charge in [-0.3, -0.25) is 9.69 Å². The first-order chi connectivity index (χ1) is 15.8. The third kappa shape index (κ3) is 5.57. The maximum atomic E-state index is 13.3. The van der Waals surface area contributed by atoms with Crippen LogP contribution in [0.2, 0.25) is 0 Å². The largest absolute Gasteiger partial charge is 0.416 e. The Balaban J connectivity index is 1.49. The van der Waals surface area contributed by atoms with Crippen LogP contribution in [0.3, 0.4) is 0 Å². The molecule has 1 saturated heterocycles. The van der Waals surface area contributed by atoms with E-state index in [4.69, 9.17) is 4.74 Å². The van der Waals surface area contributed by atoms with Crippen LogP contribution in [0.25, 0.3) is 5.57 Å². The Bertz CT molecular complexity index is 1000. The molecule has 0 spiro atoms. The molecule has 0 radical (unpaired) electrons. The normalized spacial score (nSPS) is 18.5. The fraction of sp³-hybridized carbons (Fsp3) is 0.400. The third-order valence-electron chi connectivity index (χ3n) is 6.25. The van der Waals surface area contributed by atoms with Crippen molar-refractivity contribution in [3.63, 3.8) is 0 Å². The maximum Gasteiger partial charge on any atom is 0.416 e. The lowest BCUT2D eigenvalue weighted by atomic mass is 9.99. The van der Waals surface area contributed by atoms with E-state index in [0.29, 0.717) is 45.1 Å². The first-order valence-electron chi connectivity index (χ1n) is 11.2. The summed E-state index contributed by atoms with van der Waals surface area (Å²) in [5.41, 5.74) is 2.40. The molecule has 4 rings (SSSR count). The van der Waals surface area contributed by atoms with Crippen LogP contribution in [0.15, 0.2) is 54.6 Å². The average Bonchev–Trinajstić information content (AvgIpc) is 2.84. The molecule has 2 aliphatic rings. The Morgan fingerprint density at radius 1 is 1.06 bits per heavy atom. The average molecular weight is 460 g/mol. The number of rotatable bonds is 5. The number of carbonyl (C=O) groups excluding carboxylic acids is 1. The van der Waals surface area contributed by atoms with Gasteiger partial charge in [0.2, 0.25) is 5.91 Å². The van der Waals surface area contributed by atoms with Gasteiger partial charge in [-0.05, 0) is 42.7 Å². The molecule has 5 nitrogen and oxygen atoms in total. The minimum absolute atomic E-state index is 0.182. The van der Waals surface area contributed by atoms with Gasteiger partial charge in [-0.1, -0.05) is 36.4 Å². The minimum atomic E-state index is -4.49. The Kier molecular flexibility index (Phi) is 7.05. The highest BCUT2D eigenvalue weighted by molar-refractivity contribution is 5.97. The predicted octanol–water partition coefficient (Wildman–Crippen LogP) is 4.66. The van der Waals surface area contributed by atoms with Crippen LogP contribution in [0.4, 0.5) is 24.5 Å². The Morgan fingerprint density at radius 3 is 2.42 bits per heavy atom. The topological polar surface area (TPSA) is 44.8 Å². The zero-order valence-corrected chi connectivity index (χ0v) is 18.6. The van der Waals surface area contributed by atoms with Gasteiger partial charge in [0.05, 0.1) is 36.2 Å². The second-order valence-electron chi connectivity index (χ2n) is 8.33. The number of carbonyl (C=O) groups is 1. The summed E-state index contributed by atoms with van der Waals surface area (Å²) >= 11 is 0. The van der Waals surface area contributed by atoms with Gasteiger partial charge in [-0.2, -0.15) is 13.2 Å². The second-order valence-corrected chi connectivity index (χ2v) is 8.33. The van der Waals surface area contributed by atoms with E-state index in [9.17, 15) is 18.0 Å².